The molecule has 2 heterocycles. The molecule has 0 saturated carbocycles. The highest BCUT2D eigenvalue weighted by atomic mass is 35.5. The van der Waals surface area contributed by atoms with E-state index in [1.807, 2.05) is 13.8 Å². The maximum Gasteiger partial charge on any atom is 0.327 e. The van der Waals surface area contributed by atoms with Crippen LogP contribution in [-0.4, -0.2) is 43.4 Å². The molecule has 0 spiro atoms. The van der Waals surface area contributed by atoms with E-state index in [9.17, 15) is 9.59 Å². The normalized spacial score (nSPS) is 39.2. The van der Waals surface area contributed by atoms with Gasteiger partial charge in [0.2, 0.25) is 5.91 Å². The van der Waals surface area contributed by atoms with Crippen LogP contribution in [0, 0.1) is 0 Å². The van der Waals surface area contributed by atoms with Crippen molar-refractivity contribution < 1.29 is 14.7 Å². The van der Waals surface area contributed by atoms with Gasteiger partial charge >= 0.3 is 5.97 Å². The molecule has 2 rings (SSSR count). The summed E-state index contributed by atoms with van der Waals surface area (Å²) in [5.74, 6) is -1.22. The number of nitrogens with zero attached hydrogens (tertiary/aromatic N) is 1. The van der Waals surface area contributed by atoms with Crippen LogP contribution >= 0.6 is 23.4 Å². The quantitative estimate of drug-likeness (QED) is 0.538. The first-order valence-electron chi connectivity index (χ1n) is 4.23. The lowest BCUT2D eigenvalue weighted by Crippen LogP contribution is -2.63. The molecule has 1 N–H and O–H groups in total. The lowest BCUT2D eigenvalue weighted by molar-refractivity contribution is -0.156. The van der Waals surface area contributed by atoms with Gasteiger partial charge in [-0.1, -0.05) is 0 Å². The smallest absolute Gasteiger partial charge is 0.327 e. The van der Waals surface area contributed by atoms with Gasteiger partial charge in [0.1, 0.15) is 16.8 Å². The Hall–Kier alpha value is -0.420. The highest BCUT2D eigenvalue weighted by Crippen LogP contribution is 2.52. The Bertz CT molecular complexity index is 320. The second kappa shape index (κ2) is 2.79. The summed E-state index contributed by atoms with van der Waals surface area (Å²) in [5, 5.41) is 8.31. The molecule has 2 saturated heterocycles. The number of thioether (sulfide) groups is 1. The third-order valence-corrected chi connectivity index (χ3v) is 4.76. The van der Waals surface area contributed by atoms with Gasteiger partial charge in [0.15, 0.2) is 0 Å². The minimum atomic E-state index is -0.957. The number of fused-ring (bicyclic) bond motifs is 1. The average molecular weight is 236 g/mol. The van der Waals surface area contributed by atoms with Crippen molar-refractivity contribution in [3.8, 4) is 0 Å². The van der Waals surface area contributed by atoms with Crippen LogP contribution in [-0.2, 0) is 9.59 Å². The van der Waals surface area contributed by atoms with E-state index in [2.05, 4.69) is 0 Å². The maximum atomic E-state index is 11.4. The van der Waals surface area contributed by atoms with E-state index in [0.717, 1.165) is 0 Å². The number of carbonyl (C=O) groups is 2. The van der Waals surface area contributed by atoms with Crippen molar-refractivity contribution in [2.45, 2.75) is 35.4 Å². The molecule has 0 aliphatic carbocycles. The van der Waals surface area contributed by atoms with Crippen LogP contribution in [0.3, 0.4) is 0 Å². The molecule has 14 heavy (non-hydrogen) atoms. The lowest BCUT2D eigenvalue weighted by atomic mass is 9.98. The van der Waals surface area contributed by atoms with E-state index < -0.39 is 22.1 Å². The molecular formula is C8H10ClNO3S. The van der Waals surface area contributed by atoms with Crippen LogP contribution < -0.4 is 0 Å². The Morgan fingerprint density at radius 3 is 2.71 bits per heavy atom. The third kappa shape index (κ3) is 1.08. The highest BCUT2D eigenvalue weighted by molar-refractivity contribution is 8.01. The Morgan fingerprint density at radius 2 is 2.21 bits per heavy atom. The van der Waals surface area contributed by atoms with Crippen molar-refractivity contribution in [3.05, 3.63) is 0 Å². The number of carboxylic acid groups (broad SMARTS) is 1. The van der Waals surface area contributed by atoms with Gasteiger partial charge in [0.25, 0.3) is 0 Å². The fraction of sp³-hybridized carbons (Fsp3) is 0.750. The first-order valence-corrected chi connectivity index (χ1v) is 5.55. The summed E-state index contributed by atoms with van der Waals surface area (Å²) in [4.78, 5) is 23.8. The molecule has 2 fully saturated rings. The van der Waals surface area contributed by atoms with E-state index in [0.29, 0.717) is 0 Å². The number of alkyl halides is 1. The first-order chi connectivity index (χ1) is 6.36. The van der Waals surface area contributed by atoms with E-state index in [4.69, 9.17) is 16.7 Å². The summed E-state index contributed by atoms with van der Waals surface area (Å²) < 4.78 is -0.462. The lowest BCUT2D eigenvalue weighted by Gasteiger charge is -2.40. The number of hydrogen-bond acceptors (Lipinski definition) is 3. The summed E-state index contributed by atoms with van der Waals surface area (Å²) in [5.41, 5.74) is 0. The Morgan fingerprint density at radius 1 is 1.64 bits per heavy atom. The van der Waals surface area contributed by atoms with E-state index in [1.54, 1.807) is 0 Å². The van der Waals surface area contributed by atoms with Crippen LogP contribution in [0.1, 0.15) is 13.8 Å². The molecular weight excluding hydrogens is 226 g/mol. The molecule has 2 aliphatic rings. The Kier molecular flexibility index (Phi) is 2.02. The third-order valence-electron chi connectivity index (χ3n) is 2.61. The van der Waals surface area contributed by atoms with Crippen molar-refractivity contribution >= 4 is 35.2 Å². The van der Waals surface area contributed by atoms with Gasteiger partial charge in [0.05, 0.1) is 0 Å². The van der Waals surface area contributed by atoms with Gasteiger partial charge in [-0.15, -0.1) is 23.4 Å². The molecule has 0 aromatic carbocycles. The predicted octanol–water partition coefficient (Wildman–Crippen LogP) is 0.741. The summed E-state index contributed by atoms with van der Waals surface area (Å²) in [7, 11) is 0. The molecule has 4 nitrogen and oxygen atoms in total. The van der Waals surface area contributed by atoms with Crippen LogP contribution in [0.15, 0.2) is 0 Å². The van der Waals surface area contributed by atoms with Gasteiger partial charge < -0.3 is 10.0 Å². The van der Waals surface area contributed by atoms with Crippen LogP contribution in [0.2, 0.25) is 0 Å². The number of rotatable bonds is 1. The Labute approximate surface area is 90.6 Å². The van der Waals surface area contributed by atoms with Gasteiger partial charge in [-0.3, -0.25) is 4.79 Å². The number of β-lactam (4-membered cyclic amide) rings is 1. The van der Waals surface area contributed by atoms with Crippen molar-refractivity contribution in [1.29, 1.82) is 0 Å². The zero-order valence-corrected chi connectivity index (χ0v) is 9.30. The first kappa shape index (κ1) is 10.1. The maximum absolute atomic E-state index is 11.4. The van der Waals surface area contributed by atoms with E-state index in [1.165, 1.54) is 16.7 Å². The van der Waals surface area contributed by atoms with Gasteiger partial charge in [-0.05, 0) is 13.8 Å². The molecule has 78 valence electrons. The second-order valence-electron chi connectivity index (χ2n) is 4.00. The summed E-state index contributed by atoms with van der Waals surface area (Å²) in [6, 6.07) is -0.750. The topological polar surface area (TPSA) is 57.6 Å². The molecule has 0 radical (unpaired) electrons. The second-order valence-corrected chi connectivity index (χ2v) is 6.24. The summed E-state index contributed by atoms with van der Waals surface area (Å²) in [6.07, 6.45) is 0. The number of aliphatic carboxylic acids is 1. The number of amides is 1. The zero-order chi connectivity index (χ0) is 10.7. The SMILES string of the molecule is CC1(C)SC2C(Cl)C(=O)N2C1C(=O)O. The highest BCUT2D eigenvalue weighted by Gasteiger charge is 2.63. The van der Waals surface area contributed by atoms with Crippen LogP contribution in [0.4, 0.5) is 0 Å². The standard InChI is InChI=1S/C8H10ClNO3S/c1-8(2)4(7(12)13)10-5(11)3(9)6(10)14-8/h3-4,6H,1-2H3,(H,12,13). The number of carbonyl (C=O) groups excluding carboxylic acids is 1. The van der Waals surface area contributed by atoms with E-state index >= 15 is 0 Å². The van der Waals surface area contributed by atoms with E-state index in [-0.39, 0.29) is 11.3 Å². The van der Waals surface area contributed by atoms with Crippen molar-refractivity contribution in [2.24, 2.45) is 0 Å². The van der Waals surface area contributed by atoms with Gasteiger partial charge in [-0.2, -0.15) is 0 Å². The molecule has 0 aromatic rings. The number of halogens is 1. The fourth-order valence-corrected chi connectivity index (χ4v) is 3.90. The Balaban J connectivity index is 2.32. The summed E-state index contributed by atoms with van der Waals surface area (Å²) in [6.45, 7) is 3.65. The average Bonchev–Trinajstić information content (AvgIpc) is 2.34. The molecule has 3 unspecified atom stereocenters. The summed E-state index contributed by atoms with van der Waals surface area (Å²) >= 11 is 7.25. The van der Waals surface area contributed by atoms with Crippen LogP contribution in [0.5, 0.6) is 0 Å². The zero-order valence-electron chi connectivity index (χ0n) is 7.73. The predicted molar refractivity (Wildman–Crippen MR) is 53.4 cm³/mol. The number of carboxylic acids is 1. The van der Waals surface area contributed by atoms with Crippen molar-refractivity contribution in [3.63, 3.8) is 0 Å². The minimum absolute atomic E-state index is 0.166. The molecule has 0 aromatic heterocycles. The van der Waals surface area contributed by atoms with Gasteiger partial charge in [0, 0.05) is 4.75 Å². The molecule has 1 amide bonds. The molecule has 0 bridgehead atoms. The molecule has 3 atom stereocenters. The molecule has 6 heteroatoms. The fourth-order valence-electron chi connectivity index (χ4n) is 1.97. The monoisotopic (exact) mass is 235 g/mol. The number of hydrogen-bond donors (Lipinski definition) is 1. The van der Waals surface area contributed by atoms with Crippen molar-refractivity contribution in [2.75, 3.05) is 0 Å². The molecule has 2 aliphatic heterocycles. The van der Waals surface area contributed by atoms with Crippen molar-refractivity contribution in [1.82, 2.24) is 4.90 Å². The van der Waals surface area contributed by atoms with Crippen LogP contribution in [0.25, 0.3) is 0 Å². The van der Waals surface area contributed by atoms with Gasteiger partial charge in [-0.25, -0.2) is 4.79 Å². The largest absolute Gasteiger partial charge is 0.480 e. The minimum Gasteiger partial charge on any atom is -0.480 e.